The van der Waals surface area contributed by atoms with Crippen LogP contribution in [0.15, 0.2) is 48.5 Å². The lowest BCUT2D eigenvalue weighted by Crippen LogP contribution is -2.52. The minimum absolute atomic E-state index is 0.0963. The fraction of sp³-hybridized carbons (Fsp3) is 0.379. The third kappa shape index (κ3) is 4.58. The van der Waals surface area contributed by atoms with Crippen molar-refractivity contribution in [3.05, 3.63) is 65.5 Å². The Balaban J connectivity index is 1.14. The number of benzene rings is 2. The van der Waals surface area contributed by atoms with Crippen LogP contribution in [-0.4, -0.2) is 61.6 Å². The van der Waals surface area contributed by atoms with Crippen LogP contribution in [0.25, 0.3) is 17.1 Å². The van der Waals surface area contributed by atoms with Crippen molar-refractivity contribution in [3.63, 3.8) is 0 Å². The molecule has 9 nitrogen and oxygen atoms in total. The second-order valence-electron chi connectivity index (χ2n) is 10.9. The molecule has 0 amide bonds. The van der Waals surface area contributed by atoms with Crippen molar-refractivity contribution in [2.45, 2.75) is 51.1 Å². The maximum absolute atomic E-state index is 15.4. The van der Waals surface area contributed by atoms with Gasteiger partial charge in [-0.1, -0.05) is 24.3 Å². The van der Waals surface area contributed by atoms with Gasteiger partial charge in [-0.25, -0.2) is 4.39 Å². The van der Waals surface area contributed by atoms with Crippen LogP contribution in [0.2, 0.25) is 0 Å². The van der Waals surface area contributed by atoms with Gasteiger partial charge in [0.15, 0.2) is 5.82 Å². The second kappa shape index (κ2) is 9.60. The molecule has 2 aliphatic carbocycles. The topological polar surface area (TPSA) is 101 Å². The van der Waals surface area contributed by atoms with Crippen LogP contribution in [-0.2, 0) is 12.8 Å². The highest BCUT2D eigenvalue weighted by molar-refractivity contribution is 5.68. The molecule has 1 atom stereocenters. The van der Waals surface area contributed by atoms with E-state index in [0.29, 0.717) is 23.1 Å². The summed E-state index contributed by atoms with van der Waals surface area (Å²) in [4.78, 5) is 9.05. The van der Waals surface area contributed by atoms with E-state index >= 15 is 4.39 Å². The number of nitrogens with zero attached hydrogens (tertiary/aromatic N) is 7. The second-order valence-corrected chi connectivity index (χ2v) is 10.9. The Kier molecular flexibility index (Phi) is 5.92. The van der Waals surface area contributed by atoms with E-state index in [1.165, 1.54) is 29.2 Å². The molecular weight excluding hydrogens is 493 g/mol. The van der Waals surface area contributed by atoms with Gasteiger partial charge < -0.3 is 16.0 Å². The first kappa shape index (κ1) is 24.0. The lowest BCUT2D eigenvalue weighted by atomic mass is 10.0. The van der Waals surface area contributed by atoms with Crippen molar-refractivity contribution < 1.29 is 4.39 Å². The molecule has 1 unspecified atom stereocenters. The number of hydrogen-bond donors (Lipinski definition) is 2. The van der Waals surface area contributed by atoms with E-state index in [1.807, 2.05) is 24.3 Å². The zero-order valence-corrected chi connectivity index (χ0v) is 22.0. The Labute approximate surface area is 226 Å². The van der Waals surface area contributed by atoms with E-state index in [0.717, 1.165) is 61.8 Å². The molecule has 0 bridgehead atoms. The lowest BCUT2D eigenvalue weighted by molar-refractivity contribution is 0.219. The van der Waals surface area contributed by atoms with Gasteiger partial charge in [-0.2, -0.15) is 9.67 Å². The zero-order chi connectivity index (χ0) is 26.5. The molecule has 1 saturated carbocycles. The molecule has 2 aromatic heterocycles. The van der Waals surface area contributed by atoms with E-state index in [-0.39, 0.29) is 17.8 Å². The minimum atomic E-state index is -0.269. The highest BCUT2D eigenvalue weighted by atomic mass is 19.1. The molecule has 200 valence electrons. The molecule has 2 aromatic carbocycles. The monoisotopic (exact) mass is 525 g/mol. The molecule has 3 N–H and O–H groups in total. The van der Waals surface area contributed by atoms with E-state index in [2.05, 4.69) is 60.5 Å². The molecule has 1 aliphatic heterocycles. The van der Waals surface area contributed by atoms with Crippen LogP contribution >= 0.6 is 0 Å². The van der Waals surface area contributed by atoms with Crippen LogP contribution in [0.5, 0.6) is 0 Å². The molecule has 0 spiro atoms. The Morgan fingerprint density at radius 1 is 1.00 bits per heavy atom. The minimum Gasteiger partial charge on any atom is -0.366 e. The number of aryl methyl sites for hydroxylation is 2. The third-order valence-electron chi connectivity index (χ3n) is 8.10. The van der Waals surface area contributed by atoms with Gasteiger partial charge in [-0.15, -0.1) is 15.3 Å². The first-order chi connectivity index (χ1) is 19.0. The van der Waals surface area contributed by atoms with Crippen LogP contribution in [0, 0.1) is 5.82 Å². The summed E-state index contributed by atoms with van der Waals surface area (Å²) in [5.74, 6) is 0.696. The van der Waals surface area contributed by atoms with Crippen molar-refractivity contribution in [1.82, 2.24) is 29.9 Å². The van der Waals surface area contributed by atoms with Crippen molar-refractivity contribution in [2.75, 3.05) is 35.6 Å². The maximum atomic E-state index is 15.4. The standard InChI is InChI=1S/C29H32FN9/c1-18-17-37(22-10-11-22)13-14-38(18)25-12-9-21(16-24(25)30)32-29-33-28(31)36-39(29)26-15-20-7-4-6-19-5-2-3-8-23(19)27(20)35-34-26/h2-3,5,8-9,12,15-16,18,22H,4,6-7,10-11,13-14,17H2,1H3,(H3,31,32,33,36). The Morgan fingerprint density at radius 2 is 1.85 bits per heavy atom. The molecule has 10 heteroatoms. The average Bonchev–Trinajstić information content (AvgIpc) is 3.74. The van der Waals surface area contributed by atoms with Crippen LogP contribution in [0.4, 0.5) is 27.7 Å². The van der Waals surface area contributed by atoms with Gasteiger partial charge >= 0.3 is 0 Å². The maximum Gasteiger partial charge on any atom is 0.241 e. The number of anilines is 4. The van der Waals surface area contributed by atoms with E-state index in [4.69, 9.17) is 5.73 Å². The van der Waals surface area contributed by atoms with Gasteiger partial charge in [0.25, 0.3) is 0 Å². The zero-order valence-electron chi connectivity index (χ0n) is 22.0. The predicted molar refractivity (Wildman–Crippen MR) is 150 cm³/mol. The number of hydrogen-bond acceptors (Lipinski definition) is 8. The van der Waals surface area contributed by atoms with E-state index < -0.39 is 0 Å². The highest BCUT2D eigenvalue weighted by Crippen LogP contribution is 2.34. The SMILES string of the molecule is CC1CN(C2CC2)CCN1c1ccc(Nc2nc(N)nn2-c2cc3c(nn2)-c2ccccc2CCC3)cc1F. The van der Waals surface area contributed by atoms with Crippen molar-refractivity contribution >= 4 is 23.3 Å². The Morgan fingerprint density at radius 3 is 2.67 bits per heavy atom. The molecular formula is C29H32FN9. The number of aromatic nitrogens is 5. The fourth-order valence-electron chi connectivity index (χ4n) is 6.01. The summed E-state index contributed by atoms with van der Waals surface area (Å²) in [6.07, 6.45) is 5.50. The van der Waals surface area contributed by atoms with Gasteiger partial charge in [-0.05, 0) is 74.4 Å². The summed E-state index contributed by atoms with van der Waals surface area (Å²) in [6.45, 7) is 4.95. The van der Waals surface area contributed by atoms with Gasteiger partial charge in [0.2, 0.25) is 11.9 Å². The van der Waals surface area contributed by atoms with Gasteiger partial charge in [0, 0.05) is 43.0 Å². The summed E-state index contributed by atoms with van der Waals surface area (Å²) < 4.78 is 16.9. The number of nitrogens with one attached hydrogen (secondary N) is 1. The molecule has 0 radical (unpaired) electrons. The number of rotatable bonds is 5. The first-order valence-electron chi connectivity index (χ1n) is 13.8. The number of piperazine rings is 1. The number of fused-ring (bicyclic) bond motifs is 3. The van der Waals surface area contributed by atoms with Crippen molar-refractivity contribution in [3.8, 4) is 17.1 Å². The summed E-state index contributed by atoms with van der Waals surface area (Å²) in [7, 11) is 0. The average molecular weight is 526 g/mol. The predicted octanol–water partition coefficient (Wildman–Crippen LogP) is 4.35. The Hall–Kier alpha value is -4.05. The van der Waals surface area contributed by atoms with Crippen molar-refractivity contribution in [1.29, 1.82) is 0 Å². The highest BCUT2D eigenvalue weighted by Gasteiger charge is 2.34. The molecule has 3 aliphatic rings. The molecule has 4 aromatic rings. The Bertz CT molecular complexity index is 1530. The summed E-state index contributed by atoms with van der Waals surface area (Å²) in [5, 5.41) is 16.6. The van der Waals surface area contributed by atoms with E-state index in [1.54, 1.807) is 0 Å². The molecule has 3 heterocycles. The quantitative estimate of drug-likeness (QED) is 0.397. The smallest absolute Gasteiger partial charge is 0.241 e. The van der Waals surface area contributed by atoms with Crippen LogP contribution in [0.1, 0.15) is 37.3 Å². The number of halogens is 1. The van der Waals surface area contributed by atoms with Crippen LogP contribution < -0.4 is 16.0 Å². The fourth-order valence-corrected chi connectivity index (χ4v) is 6.01. The van der Waals surface area contributed by atoms with E-state index in [9.17, 15) is 0 Å². The molecule has 1 saturated heterocycles. The molecule has 2 fully saturated rings. The number of nitrogen functional groups attached to an aromatic ring is 1. The number of nitrogens with two attached hydrogens (primary N) is 1. The largest absolute Gasteiger partial charge is 0.366 e. The van der Waals surface area contributed by atoms with Crippen molar-refractivity contribution in [2.24, 2.45) is 0 Å². The summed E-state index contributed by atoms with van der Waals surface area (Å²) in [5.41, 5.74) is 11.6. The first-order valence-corrected chi connectivity index (χ1v) is 13.8. The molecule has 7 rings (SSSR count). The molecule has 39 heavy (non-hydrogen) atoms. The summed E-state index contributed by atoms with van der Waals surface area (Å²) in [6, 6.07) is 16.5. The van der Waals surface area contributed by atoms with Crippen LogP contribution in [0.3, 0.4) is 0 Å². The lowest BCUT2D eigenvalue weighted by Gasteiger charge is -2.41. The van der Waals surface area contributed by atoms with Gasteiger partial charge in [0.1, 0.15) is 5.82 Å². The third-order valence-corrected chi connectivity index (χ3v) is 8.10. The van der Waals surface area contributed by atoms with Gasteiger partial charge in [0.05, 0.1) is 11.4 Å². The van der Waals surface area contributed by atoms with Gasteiger partial charge in [-0.3, -0.25) is 4.90 Å². The normalized spacial score (nSPS) is 19.3. The summed E-state index contributed by atoms with van der Waals surface area (Å²) >= 11 is 0.